The summed E-state index contributed by atoms with van der Waals surface area (Å²) in [7, 11) is -1.77. The molecule has 4 amide bonds. The van der Waals surface area contributed by atoms with E-state index in [0.29, 0.717) is 57.8 Å². The summed E-state index contributed by atoms with van der Waals surface area (Å²) in [4.78, 5) is 61.1. The first-order chi connectivity index (χ1) is 27.5. The molecule has 1 aromatic heterocycles. The lowest BCUT2D eigenvalue weighted by Gasteiger charge is -2.37. The third kappa shape index (κ3) is 8.36. The fraction of sp³-hybridized carbons (Fsp3) is 0.625. The number of carbonyl (C=O) groups is 4. The lowest BCUT2D eigenvalue weighted by molar-refractivity contribution is -0.244. The van der Waals surface area contributed by atoms with Gasteiger partial charge in [-0.2, -0.15) is 26.3 Å². The van der Waals surface area contributed by atoms with E-state index in [1.54, 1.807) is 32.1 Å². The first-order valence-corrected chi connectivity index (χ1v) is 20.9. The largest absolute Gasteiger partial charge is 0.483 e. The molecule has 6 atom stereocenters. The van der Waals surface area contributed by atoms with Crippen molar-refractivity contribution in [1.29, 1.82) is 0 Å². The van der Waals surface area contributed by atoms with Gasteiger partial charge in [-0.3, -0.25) is 19.1 Å². The minimum atomic E-state index is -4.96. The van der Waals surface area contributed by atoms with E-state index in [1.807, 2.05) is 6.08 Å². The first kappa shape index (κ1) is 42.7. The van der Waals surface area contributed by atoms with E-state index < -0.39 is 105 Å². The second-order valence-electron chi connectivity index (χ2n) is 17.3. The average molecular weight is 856 g/mol. The van der Waals surface area contributed by atoms with Crippen molar-refractivity contribution >= 4 is 45.7 Å². The van der Waals surface area contributed by atoms with E-state index in [1.165, 1.54) is 6.07 Å². The highest BCUT2D eigenvalue weighted by Crippen LogP contribution is 2.50. The van der Waals surface area contributed by atoms with Gasteiger partial charge in [0.2, 0.25) is 17.4 Å². The molecule has 0 radical (unpaired) electrons. The maximum absolute atomic E-state index is 14.7. The van der Waals surface area contributed by atoms with Crippen molar-refractivity contribution in [2.45, 2.75) is 144 Å². The standard InChI is InChI=1S/C40H47F6N5O7S/c1-22-12-13-26-25(18-22)24-14-15-37(57-29(24)30(47-26)39(41,42)43)20-28-31(52)49-38(33(54)50-59(56)36(4)16-17-36)19-23(38)10-8-6-5-7-9-11-27(32(53)51(28)21-37)48-34(55)58-35(2,3)40(44,45)46/h8,10,12-13,18,23,27-28H,5-7,9,11,14-17,19-21H2,1-4H3,(H,48,55)(H,49,52)(H,50,54)/b10-8-/t23-,27+,28+,37-,38-,59?/m1/s1. The maximum Gasteiger partial charge on any atom is 0.437 e. The SMILES string of the molecule is Cc1ccc2nc(C(F)(F)F)c3c(c2c1)CC[C@]1(C[C@H]2C(=O)N[C@]4(C(=O)NS(=O)C5(C)CC5)C[C@H]4/C=C\CCCCC[C@H](NC(=O)OC(C)(C)C(F)(F)F)C(=O)N2C1)O3. The van der Waals surface area contributed by atoms with Crippen molar-refractivity contribution < 1.29 is 59.2 Å². The summed E-state index contributed by atoms with van der Waals surface area (Å²) >= 11 is 0. The lowest BCUT2D eigenvalue weighted by atomic mass is 9.86. The molecule has 3 aliphatic heterocycles. The number of amides is 4. The van der Waals surface area contributed by atoms with Crippen LogP contribution in [0, 0.1) is 12.8 Å². The predicted octanol–water partition coefficient (Wildman–Crippen LogP) is 6.39. The zero-order chi connectivity index (χ0) is 42.9. The Labute approximate surface area is 339 Å². The number of carbonyl (C=O) groups excluding carboxylic acids is 4. The molecule has 2 aliphatic carbocycles. The van der Waals surface area contributed by atoms with Crippen LogP contribution in [0.4, 0.5) is 31.1 Å². The van der Waals surface area contributed by atoms with Crippen molar-refractivity contribution in [1.82, 2.24) is 25.2 Å². The number of fused-ring (bicyclic) bond motifs is 5. The molecule has 2 aromatic rings. The number of hydrogen-bond acceptors (Lipinski definition) is 8. The molecule has 4 heterocycles. The molecular weight excluding hydrogens is 809 g/mol. The van der Waals surface area contributed by atoms with Gasteiger partial charge in [-0.1, -0.05) is 36.6 Å². The fourth-order valence-corrected chi connectivity index (χ4v) is 9.25. The van der Waals surface area contributed by atoms with E-state index in [-0.39, 0.29) is 43.2 Å². The molecule has 1 unspecified atom stereocenters. The molecule has 322 valence electrons. The Morgan fingerprint density at radius 2 is 1.78 bits per heavy atom. The molecule has 1 spiro atoms. The monoisotopic (exact) mass is 855 g/mol. The number of alkyl carbamates (subject to hydrolysis) is 1. The van der Waals surface area contributed by atoms with E-state index in [9.17, 15) is 49.7 Å². The van der Waals surface area contributed by atoms with Gasteiger partial charge in [-0.25, -0.2) is 14.0 Å². The average Bonchev–Trinajstić information content (AvgIpc) is 4.03. The van der Waals surface area contributed by atoms with Crippen molar-refractivity contribution in [3.63, 3.8) is 0 Å². The Morgan fingerprint density at radius 1 is 1.05 bits per heavy atom. The molecule has 5 aliphatic rings. The minimum absolute atomic E-state index is 0.0432. The summed E-state index contributed by atoms with van der Waals surface area (Å²) in [6, 6.07) is 1.84. The second kappa shape index (κ2) is 14.9. The van der Waals surface area contributed by atoms with Gasteiger partial charge >= 0.3 is 18.4 Å². The number of aromatic nitrogens is 1. The Balaban J connectivity index is 1.26. The number of allylic oxidation sites excluding steroid dienone is 1. The Kier molecular flexibility index (Phi) is 10.8. The van der Waals surface area contributed by atoms with Crippen LogP contribution in [0.2, 0.25) is 0 Å². The molecule has 1 aromatic carbocycles. The van der Waals surface area contributed by atoms with Gasteiger partial charge < -0.3 is 25.0 Å². The van der Waals surface area contributed by atoms with Crippen LogP contribution in [0.3, 0.4) is 0 Å². The predicted molar refractivity (Wildman–Crippen MR) is 202 cm³/mol. The summed E-state index contributed by atoms with van der Waals surface area (Å²) in [5, 5.41) is 5.52. The Bertz CT molecular complexity index is 2120. The molecule has 2 saturated carbocycles. The van der Waals surface area contributed by atoms with Gasteiger partial charge in [0, 0.05) is 23.3 Å². The Morgan fingerprint density at radius 3 is 2.46 bits per heavy atom. The van der Waals surface area contributed by atoms with Crippen molar-refractivity contribution in [3.8, 4) is 5.75 Å². The van der Waals surface area contributed by atoms with Crippen LogP contribution in [0.25, 0.3) is 10.9 Å². The van der Waals surface area contributed by atoms with E-state index in [4.69, 9.17) is 9.47 Å². The minimum Gasteiger partial charge on any atom is -0.483 e. The van der Waals surface area contributed by atoms with E-state index in [0.717, 1.165) is 10.5 Å². The number of alkyl halides is 6. The summed E-state index contributed by atoms with van der Waals surface area (Å²) in [6.07, 6.45) is -4.72. The van der Waals surface area contributed by atoms with Gasteiger partial charge in [0.05, 0.1) is 16.8 Å². The van der Waals surface area contributed by atoms with Crippen LogP contribution in [-0.2, 0) is 42.7 Å². The van der Waals surface area contributed by atoms with Crippen molar-refractivity contribution in [2.24, 2.45) is 5.92 Å². The third-order valence-electron chi connectivity index (χ3n) is 12.3. The number of aryl methyl sites for hydroxylation is 2. The number of nitrogens with zero attached hydrogens (tertiary/aromatic N) is 2. The second-order valence-corrected chi connectivity index (χ2v) is 19.1. The van der Waals surface area contributed by atoms with Gasteiger partial charge in [0.15, 0.2) is 11.4 Å². The smallest absolute Gasteiger partial charge is 0.437 e. The zero-order valence-electron chi connectivity index (χ0n) is 33.0. The van der Waals surface area contributed by atoms with Crippen LogP contribution in [0.5, 0.6) is 5.75 Å². The van der Waals surface area contributed by atoms with Crippen LogP contribution < -0.4 is 20.1 Å². The molecule has 0 bridgehead atoms. The number of hydrogen-bond donors (Lipinski definition) is 3. The summed E-state index contributed by atoms with van der Waals surface area (Å²) < 4.78 is 111. The van der Waals surface area contributed by atoms with Crippen LogP contribution in [0.1, 0.15) is 102 Å². The summed E-state index contributed by atoms with van der Waals surface area (Å²) in [5.41, 5.74) is -6.23. The first-order valence-electron chi connectivity index (χ1n) is 19.8. The molecule has 3 N–H and O–H groups in total. The lowest BCUT2D eigenvalue weighted by Crippen LogP contribution is -2.58. The highest BCUT2D eigenvalue weighted by atomic mass is 32.2. The number of pyridine rings is 1. The number of nitrogens with one attached hydrogen (secondary N) is 3. The molecule has 1 saturated heterocycles. The molecule has 3 fully saturated rings. The molecule has 19 heteroatoms. The maximum atomic E-state index is 14.7. The number of benzene rings is 1. The van der Waals surface area contributed by atoms with E-state index in [2.05, 4.69) is 20.3 Å². The number of halogens is 6. The molecule has 7 rings (SSSR count). The zero-order valence-corrected chi connectivity index (χ0v) is 33.8. The highest BCUT2D eigenvalue weighted by molar-refractivity contribution is 7.85. The third-order valence-corrected chi connectivity index (χ3v) is 14.0. The van der Waals surface area contributed by atoms with Gasteiger partial charge in [0.1, 0.15) is 34.2 Å². The van der Waals surface area contributed by atoms with Crippen molar-refractivity contribution in [3.05, 3.63) is 47.2 Å². The normalized spacial score (nSPS) is 29.4. The Hall–Kier alpha value is -4.42. The topological polar surface area (TPSA) is 156 Å². The fourth-order valence-electron chi connectivity index (χ4n) is 8.18. The van der Waals surface area contributed by atoms with Crippen LogP contribution >= 0.6 is 0 Å². The van der Waals surface area contributed by atoms with Gasteiger partial charge in [0.25, 0.3) is 5.91 Å². The number of ether oxygens (including phenoxy) is 2. The summed E-state index contributed by atoms with van der Waals surface area (Å²) in [5.74, 6) is -3.48. The van der Waals surface area contributed by atoms with Crippen molar-refractivity contribution in [2.75, 3.05) is 6.54 Å². The molecule has 12 nitrogen and oxygen atoms in total. The van der Waals surface area contributed by atoms with Crippen LogP contribution in [0.15, 0.2) is 30.4 Å². The summed E-state index contributed by atoms with van der Waals surface area (Å²) in [6.45, 7) is 4.39. The number of rotatable bonds is 5. The van der Waals surface area contributed by atoms with E-state index >= 15 is 0 Å². The molecule has 59 heavy (non-hydrogen) atoms. The van der Waals surface area contributed by atoms with Crippen LogP contribution in [-0.4, -0.2) is 84.2 Å². The van der Waals surface area contributed by atoms with Gasteiger partial charge in [-0.05, 0) is 91.2 Å². The quantitative estimate of drug-likeness (QED) is 0.231. The highest BCUT2D eigenvalue weighted by Gasteiger charge is 2.63. The van der Waals surface area contributed by atoms with Gasteiger partial charge in [-0.15, -0.1) is 0 Å². The molecular formula is C40H47F6N5O7S.